The molecule has 3 unspecified atom stereocenters. The Hall–Kier alpha value is -2.92. The first-order valence-corrected chi connectivity index (χ1v) is 23.7. The van der Waals surface area contributed by atoms with Gasteiger partial charge in [-0.15, -0.1) is 13.2 Å². The molecule has 0 aromatic heterocycles. The topological polar surface area (TPSA) is 62.4 Å². The van der Waals surface area contributed by atoms with Gasteiger partial charge in [-0.3, -0.25) is 10.3 Å². The van der Waals surface area contributed by atoms with Crippen molar-refractivity contribution < 1.29 is 4.39 Å². The number of hydrogen-bond acceptors (Lipinski definition) is 4. The number of aryl methyl sites for hydroxylation is 1. The number of rotatable bonds is 17. The summed E-state index contributed by atoms with van der Waals surface area (Å²) in [6.07, 6.45) is 12.4. The lowest BCUT2D eigenvalue weighted by Gasteiger charge is -2.38. The number of nitrogens with two attached hydrogens (primary N) is 1. The van der Waals surface area contributed by atoms with Crippen LogP contribution in [0.3, 0.4) is 0 Å². The average Bonchev–Trinajstić information content (AvgIpc) is 3.19. The summed E-state index contributed by atoms with van der Waals surface area (Å²) >= 11 is 0. The largest absolute Gasteiger partial charge is 0.385 e. The summed E-state index contributed by atoms with van der Waals surface area (Å²) in [6, 6.07) is 6.89. The Morgan fingerprint density at radius 3 is 1.68 bits per heavy atom. The van der Waals surface area contributed by atoms with Gasteiger partial charge in [-0.2, -0.15) is 0 Å². The number of aliphatic imine (C=N–C) groups is 1. The van der Waals surface area contributed by atoms with Crippen LogP contribution < -0.4 is 16.4 Å². The molecule has 1 aromatic carbocycles. The van der Waals surface area contributed by atoms with Crippen LogP contribution in [0.4, 0.5) is 4.39 Å². The third kappa shape index (κ3) is 30.2. The summed E-state index contributed by atoms with van der Waals surface area (Å²) < 4.78 is 13.0. The number of hydrogen-bond donors (Lipinski definition) is 3. The molecule has 0 radical (unpaired) electrons. The van der Waals surface area contributed by atoms with Crippen LogP contribution in [0.2, 0.25) is 0 Å². The van der Waals surface area contributed by atoms with Gasteiger partial charge in [-0.25, -0.2) is 4.39 Å². The highest BCUT2D eigenvalue weighted by atomic mass is 19.1. The highest BCUT2D eigenvalue weighted by molar-refractivity contribution is 5.57. The van der Waals surface area contributed by atoms with Gasteiger partial charge < -0.3 is 11.1 Å². The normalized spacial score (nSPS) is 16.9. The van der Waals surface area contributed by atoms with Gasteiger partial charge in [0.1, 0.15) is 11.6 Å². The number of allylic oxidation sites excluding steroid dienone is 3. The van der Waals surface area contributed by atoms with Crippen molar-refractivity contribution in [3.63, 3.8) is 0 Å². The van der Waals surface area contributed by atoms with Gasteiger partial charge in [0.05, 0.1) is 11.9 Å². The maximum atomic E-state index is 13.0. The van der Waals surface area contributed by atoms with Crippen molar-refractivity contribution in [1.29, 1.82) is 0 Å². The Morgan fingerprint density at radius 2 is 1.37 bits per heavy atom. The van der Waals surface area contributed by atoms with E-state index in [0.29, 0.717) is 11.2 Å². The zero-order valence-electron chi connectivity index (χ0n) is 44.2. The van der Waals surface area contributed by atoms with Crippen molar-refractivity contribution >= 4 is 6.21 Å². The van der Waals surface area contributed by atoms with E-state index >= 15 is 0 Å². The Kier molecular flexibility index (Phi) is 41.7. The number of nitrogens with one attached hydrogen (secondary N) is 2. The Bertz CT molecular complexity index is 1320. The van der Waals surface area contributed by atoms with Crippen molar-refractivity contribution in [2.45, 2.75) is 215 Å². The first kappa shape index (κ1) is 66.2. The van der Waals surface area contributed by atoms with Crippen LogP contribution in [0.5, 0.6) is 0 Å². The highest BCUT2D eigenvalue weighted by Crippen LogP contribution is 2.44. The SMILES string of the molecule is C=C.C=C(F)CNC(C)N/C(N)=C(C)/C(=C\C(C)c1ccc(C(CC)(CCC(C)(C)CC)C(=C)C)c(C)c1)N=CC.CC.CC.CC(C)C.CC1CC(C)C1.CCC(C)C. The van der Waals surface area contributed by atoms with E-state index in [1.54, 1.807) is 6.21 Å². The van der Waals surface area contributed by atoms with Crippen molar-refractivity contribution in [2.75, 3.05) is 6.54 Å². The number of nitrogens with zero attached hydrogens (tertiary/aromatic N) is 1. The lowest BCUT2D eigenvalue weighted by atomic mass is 9.66. The van der Waals surface area contributed by atoms with E-state index in [4.69, 9.17) is 5.73 Å². The molecule has 3 atom stereocenters. The van der Waals surface area contributed by atoms with Crippen LogP contribution in [0.25, 0.3) is 0 Å². The minimum atomic E-state index is -0.418. The van der Waals surface area contributed by atoms with Gasteiger partial charge in [0.15, 0.2) is 0 Å². The first-order valence-electron chi connectivity index (χ1n) is 23.7. The monoisotopic (exact) mass is 841 g/mol. The van der Waals surface area contributed by atoms with E-state index in [1.165, 1.54) is 54.4 Å². The third-order valence-corrected chi connectivity index (χ3v) is 10.8. The molecule has 0 saturated heterocycles. The van der Waals surface area contributed by atoms with Crippen molar-refractivity contribution in [2.24, 2.45) is 39.8 Å². The predicted octanol–water partition coefficient (Wildman–Crippen LogP) is 17.3. The average molecular weight is 841 g/mol. The highest BCUT2D eigenvalue weighted by Gasteiger charge is 2.34. The zero-order chi connectivity index (χ0) is 48.4. The van der Waals surface area contributed by atoms with Gasteiger partial charge in [-0.05, 0) is 112 Å². The lowest BCUT2D eigenvalue weighted by molar-refractivity contribution is 0.233. The standard InChI is InChI=1S/C34H55FN4.C6H12.C5H12.C4H10.2C2H6.C2H4/c1-13-33(11,12)18-19-34(14-2,23(4)5)30-17-16-29(20-25(30)7)24(6)21-31(37-15-3)27(9)32(36)39-28(10)38-22-26(8)35;1-5-3-6(2)4-5;1-4-5(2)3;1-4(2)3;3*1-2/h15-17,20-21,24,28,38-39H,4,8,13-14,18-19,22,36H2,1-3,5-7,9-12H3;5-6H,3-4H2,1-2H3;5H,4H2,1-3H3;4H,1-3H3;2*1-2H3;1-2H2/b31-21+,32-27+,37-15?;;;;;;. The molecular weight excluding hydrogens is 736 g/mol. The van der Waals surface area contributed by atoms with Crippen LogP contribution in [-0.2, 0) is 5.41 Å². The molecule has 352 valence electrons. The molecule has 1 aliphatic carbocycles. The lowest BCUT2D eigenvalue weighted by Crippen LogP contribution is -2.42. The van der Waals surface area contributed by atoms with E-state index in [0.717, 1.165) is 47.8 Å². The van der Waals surface area contributed by atoms with E-state index in [-0.39, 0.29) is 24.0 Å². The summed E-state index contributed by atoms with van der Waals surface area (Å²) in [5, 5.41) is 6.18. The third-order valence-electron chi connectivity index (χ3n) is 10.8. The van der Waals surface area contributed by atoms with E-state index in [9.17, 15) is 4.39 Å². The van der Waals surface area contributed by atoms with Crippen LogP contribution in [-0.4, -0.2) is 18.9 Å². The molecule has 0 aliphatic heterocycles. The summed E-state index contributed by atoms with van der Waals surface area (Å²) in [7, 11) is 0. The van der Waals surface area contributed by atoms with Crippen molar-refractivity contribution in [3.8, 4) is 0 Å². The predicted molar refractivity (Wildman–Crippen MR) is 277 cm³/mol. The molecule has 1 fully saturated rings. The van der Waals surface area contributed by atoms with E-state index in [2.05, 4.69) is 170 Å². The maximum Gasteiger partial charge on any atom is 0.107 e. The maximum absolute atomic E-state index is 13.0. The minimum Gasteiger partial charge on any atom is -0.385 e. The Morgan fingerprint density at radius 1 is 0.900 bits per heavy atom. The quantitative estimate of drug-likeness (QED) is 0.0634. The molecule has 4 nitrogen and oxygen atoms in total. The number of halogens is 1. The van der Waals surface area contributed by atoms with Gasteiger partial charge in [0, 0.05) is 29.7 Å². The molecule has 1 aliphatic rings. The molecule has 0 amide bonds. The molecular formula is C55H105FN4. The summed E-state index contributed by atoms with van der Waals surface area (Å²) in [5.41, 5.74) is 13.5. The van der Waals surface area contributed by atoms with Gasteiger partial charge in [0.2, 0.25) is 0 Å². The molecule has 0 spiro atoms. The Balaban J connectivity index is -0.000000393. The first-order chi connectivity index (χ1) is 27.9. The molecule has 4 N–H and O–H groups in total. The summed E-state index contributed by atoms with van der Waals surface area (Å²) in [6.45, 7) is 61.2. The minimum absolute atomic E-state index is 0.0233. The Labute approximate surface area is 376 Å². The van der Waals surface area contributed by atoms with Gasteiger partial charge in [0.25, 0.3) is 0 Å². The van der Waals surface area contributed by atoms with Crippen LogP contribution in [0.1, 0.15) is 213 Å². The molecule has 1 aromatic rings. The fourth-order valence-electron chi connectivity index (χ4n) is 6.32. The summed E-state index contributed by atoms with van der Waals surface area (Å²) in [5.74, 6) is 4.01. The second-order valence-electron chi connectivity index (χ2n) is 18.1. The zero-order valence-corrected chi connectivity index (χ0v) is 44.2. The molecule has 2 rings (SSSR count). The number of benzene rings is 1. The smallest absolute Gasteiger partial charge is 0.107 e. The fraction of sp³-hybridized carbons (Fsp3) is 0.691. The molecule has 1 saturated carbocycles. The molecule has 0 bridgehead atoms. The van der Waals surface area contributed by atoms with Gasteiger partial charge >= 0.3 is 0 Å². The second-order valence-corrected chi connectivity index (χ2v) is 18.1. The van der Waals surface area contributed by atoms with Crippen molar-refractivity contribution in [3.05, 3.63) is 95.8 Å². The molecule has 5 heteroatoms. The fourth-order valence-corrected chi connectivity index (χ4v) is 6.32. The van der Waals surface area contributed by atoms with Crippen LogP contribution in [0.15, 0.2) is 84.1 Å². The van der Waals surface area contributed by atoms with E-state index in [1.807, 2.05) is 48.5 Å². The van der Waals surface area contributed by atoms with Crippen molar-refractivity contribution in [1.82, 2.24) is 10.6 Å². The summed E-state index contributed by atoms with van der Waals surface area (Å²) in [4.78, 5) is 4.62. The van der Waals surface area contributed by atoms with E-state index < -0.39 is 5.83 Å². The van der Waals surface area contributed by atoms with Crippen LogP contribution in [0, 0.1) is 36.0 Å². The van der Waals surface area contributed by atoms with Gasteiger partial charge in [-0.1, -0.05) is 174 Å². The molecule has 0 heterocycles. The molecule has 60 heavy (non-hydrogen) atoms. The van der Waals surface area contributed by atoms with Crippen LogP contribution >= 0.6 is 0 Å². The second kappa shape index (κ2) is 37.8.